The van der Waals surface area contributed by atoms with Gasteiger partial charge in [-0.15, -0.1) is 10.2 Å². The van der Waals surface area contributed by atoms with Gasteiger partial charge < -0.3 is 18.8 Å². The highest BCUT2D eigenvalue weighted by molar-refractivity contribution is 7.99. The van der Waals surface area contributed by atoms with Crippen LogP contribution in [0.3, 0.4) is 0 Å². The van der Waals surface area contributed by atoms with Crippen LogP contribution in [0, 0.1) is 11.7 Å². The summed E-state index contributed by atoms with van der Waals surface area (Å²) in [4.78, 5) is 12.8. The Balaban J connectivity index is 1.77. The van der Waals surface area contributed by atoms with Crippen molar-refractivity contribution in [3.05, 3.63) is 59.7 Å². The highest BCUT2D eigenvalue weighted by Crippen LogP contribution is 2.30. The third-order valence-electron chi connectivity index (χ3n) is 4.84. The topological polar surface area (TPSA) is 75.5 Å². The van der Waals surface area contributed by atoms with Gasteiger partial charge in [-0.2, -0.15) is 0 Å². The number of carbonyl (C=O) groups excluding carboxylic acids is 1. The summed E-state index contributed by atoms with van der Waals surface area (Å²) in [5, 5.41) is 9.19. The number of hydrogen-bond donors (Lipinski definition) is 0. The number of hydrogen-bond acceptors (Lipinski definition) is 7. The molecule has 0 radical (unpaired) electrons. The van der Waals surface area contributed by atoms with Crippen molar-refractivity contribution < 1.29 is 23.4 Å². The van der Waals surface area contributed by atoms with Crippen molar-refractivity contribution in [3.63, 3.8) is 0 Å². The molecule has 33 heavy (non-hydrogen) atoms. The van der Waals surface area contributed by atoms with E-state index in [1.807, 2.05) is 4.57 Å². The highest BCUT2D eigenvalue weighted by Gasteiger charge is 2.22. The van der Waals surface area contributed by atoms with Crippen LogP contribution in [0.15, 0.2) is 47.6 Å². The van der Waals surface area contributed by atoms with E-state index in [4.69, 9.17) is 14.2 Å². The van der Waals surface area contributed by atoms with E-state index < -0.39 is 11.9 Å². The van der Waals surface area contributed by atoms with Gasteiger partial charge in [-0.05, 0) is 43.2 Å². The van der Waals surface area contributed by atoms with Gasteiger partial charge in [0.15, 0.2) is 45.9 Å². The Morgan fingerprint density at radius 2 is 1.76 bits per heavy atom. The molecule has 7 nitrogen and oxygen atoms in total. The maximum atomic E-state index is 14.0. The Hall–Kier alpha value is -3.07. The van der Waals surface area contributed by atoms with E-state index in [1.165, 1.54) is 24.9 Å². The third kappa shape index (κ3) is 6.04. The van der Waals surface area contributed by atoms with E-state index in [2.05, 4.69) is 24.0 Å². The second-order valence-electron chi connectivity index (χ2n) is 7.82. The highest BCUT2D eigenvalue weighted by atomic mass is 32.2. The summed E-state index contributed by atoms with van der Waals surface area (Å²) < 4.78 is 32.3. The standard InChI is InChI=1S/C24H28FN3O4S/c1-15(2)13-28-23(16(3)32-20-9-7-6-8-18(20)25)26-27-24(28)33-14-19(29)17-10-11-21(30-4)22(12-17)31-5/h6-12,15-16H,13-14H2,1-5H3. The predicted octanol–water partition coefficient (Wildman–Crippen LogP) is 5.21. The summed E-state index contributed by atoms with van der Waals surface area (Å²) in [5.41, 5.74) is 0.520. The van der Waals surface area contributed by atoms with Gasteiger partial charge in [-0.1, -0.05) is 37.7 Å². The number of halogens is 1. The molecule has 2 aromatic carbocycles. The van der Waals surface area contributed by atoms with Gasteiger partial charge in [-0.25, -0.2) is 4.39 Å². The van der Waals surface area contributed by atoms with Gasteiger partial charge in [-0.3, -0.25) is 4.79 Å². The molecule has 3 rings (SSSR count). The molecule has 0 bridgehead atoms. The van der Waals surface area contributed by atoms with E-state index in [1.54, 1.807) is 50.4 Å². The fourth-order valence-corrected chi connectivity index (χ4v) is 4.10. The molecule has 0 saturated carbocycles. The summed E-state index contributed by atoms with van der Waals surface area (Å²) in [6, 6.07) is 11.3. The van der Waals surface area contributed by atoms with Crippen LogP contribution in [0.4, 0.5) is 4.39 Å². The molecule has 1 atom stereocenters. The molecule has 0 amide bonds. The fraction of sp³-hybridized carbons (Fsp3) is 0.375. The molecule has 0 spiro atoms. The van der Waals surface area contributed by atoms with Gasteiger partial charge in [0, 0.05) is 12.1 Å². The Bertz CT molecular complexity index is 1100. The summed E-state index contributed by atoms with van der Waals surface area (Å²) in [6.07, 6.45) is -0.524. The monoisotopic (exact) mass is 473 g/mol. The molecule has 0 aliphatic rings. The second-order valence-corrected chi connectivity index (χ2v) is 8.76. The lowest BCUT2D eigenvalue weighted by molar-refractivity contribution is 0.102. The summed E-state index contributed by atoms with van der Waals surface area (Å²) in [6.45, 7) is 6.60. The molecule has 9 heteroatoms. The number of ether oxygens (including phenoxy) is 3. The average Bonchev–Trinajstić information content (AvgIpc) is 3.20. The first-order chi connectivity index (χ1) is 15.8. The normalized spacial score (nSPS) is 12.0. The number of benzene rings is 2. The molecule has 1 heterocycles. The molecule has 0 aliphatic heterocycles. The minimum absolute atomic E-state index is 0.0720. The SMILES string of the molecule is COc1ccc(C(=O)CSc2nnc(C(C)Oc3ccccc3F)n2CC(C)C)cc1OC. The number of carbonyl (C=O) groups is 1. The molecule has 0 fully saturated rings. The molecule has 0 saturated heterocycles. The maximum absolute atomic E-state index is 14.0. The largest absolute Gasteiger partial charge is 0.493 e. The van der Waals surface area contributed by atoms with Crippen molar-refractivity contribution >= 4 is 17.5 Å². The number of rotatable bonds is 11. The maximum Gasteiger partial charge on any atom is 0.191 e. The number of thioether (sulfide) groups is 1. The fourth-order valence-electron chi connectivity index (χ4n) is 3.25. The number of para-hydroxylation sites is 1. The van der Waals surface area contributed by atoms with Crippen LogP contribution in [0.25, 0.3) is 0 Å². The Kier molecular flexibility index (Phi) is 8.32. The van der Waals surface area contributed by atoms with Gasteiger partial charge in [0.25, 0.3) is 0 Å². The van der Waals surface area contributed by atoms with E-state index in [-0.39, 0.29) is 17.3 Å². The van der Waals surface area contributed by atoms with Crippen LogP contribution in [-0.4, -0.2) is 40.5 Å². The van der Waals surface area contributed by atoms with Crippen LogP contribution in [0.1, 0.15) is 43.1 Å². The van der Waals surface area contributed by atoms with Crippen molar-refractivity contribution in [1.29, 1.82) is 0 Å². The van der Waals surface area contributed by atoms with E-state index in [0.29, 0.717) is 40.5 Å². The first-order valence-electron chi connectivity index (χ1n) is 10.6. The van der Waals surface area contributed by atoms with E-state index >= 15 is 0 Å². The number of aromatic nitrogens is 3. The Labute approximate surface area is 197 Å². The minimum Gasteiger partial charge on any atom is -0.493 e. The molecule has 0 aliphatic carbocycles. The van der Waals surface area contributed by atoms with Gasteiger partial charge >= 0.3 is 0 Å². The molecule has 3 aromatic rings. The Morgan fingerprint density at radius 1 is 1.03 bits per heavy atom. The number of methoxy groups -OCH3 is 2. The first-order valence-corrected chi connectivity index (χ1v) is 11.5. The van der Waals surface area contributed by atoms with Crippen molar-refractivity contribution in [2.24, 2.45) is 5.92 Å². The summed E-state index contributed by atoms with van der Waals surface area (Å²) >= 11 is 1.30. The second kappa shape index (κ2) is 11.2. The number of ketones is 1. The van der Waals surface area contributed by atoms with Gasteiger partial charge in [0.2, 0.25) is 0 Å². The molecular formula is C24H28FN3O4S. The van der Waals surface area contributed by atoms with Gasteiger partial charge in [0.05, 0.1) is 20.0 Å². The first kappa shape index (κ1) is 24.6. The minimum atomic E-state index is -0.524. The van der Waals surface area contributed by atoms with Crippen molar-refractivity contribution in [2.75, 3.05) is 20.0 Å². The van der Waals surface area contributed by atoms with E-state index in [9.17, 15) is 9.18 Å². The van der Waals surface area contributed by atoms with Crippen LogP contribution < -0.4 is 14.2 Å². The zero-order valence-corrected chi connectivity index (χ0v) is 20.2. The predicted molar refractivity (Wildman–Crippen MR) is 125 cm³/mol. The van der Waals surface area contributed by atoms with E-state index in [0.717, 1.165) is 0 Å². The molecular weight excluding hydrogens is 445 g/mol. The smallest absolute Gasteiger partial charge is 0.191 e. The molecule has 1 unspecified atom stereocenters. The molecule has 0 N–H and O–H groups in total. The lowest BCUT2D eigenvalue weighted by Crippen LogP contribution is -2.16. The summed E-state index contributed by atoms with van der Waals surface area (Å²) in [5.74, 6) is 1.77. The lowest BCUT2D eigenvalue weighted by Gasteiger charge is -2.18. The van der Waals surface area contributed by atoms with Crippen molar-refractivity contribution in [3.8, 4) is 17.2 Å². The zero-order chi connectivity index (χ0) is 24.0. The van der Waals surface area contributed by atoms with Crippen LogP contribution >= 0.6 is 11.8 Å². The third-order valence-corrected chi connectivity index (χ3v) is 5.80. The van der Waals surface area contributed by atoms with Crippen LogP contribution in [-0.2, 0) is 6.54 Å². The molecule has 176 valence electrons. The van der Waals surface area contributed by atoms with Gasteiger partial charge in [0.1, 0.15) is 0 Å². The lowest BCUT2D eigenvalue weighted by atomic mass is 10.1. The Morgan fingerprint density at radius 3 is 2.42 bits per heavy atom. The number of Topliss-reactive ketones (excluding diaryl/α,β-unsaturated/α-hetero) is 1. The average molecular weight is 474 g/mol. The quantitative estimate of drug-likeness (QED) is 0.280. The molecule has 1 aromatic heterocycles. The van der Waals surface area contributed by atoms with Crippen LogP contribution in [0.2, 0.25) is 0 Å². The summed E-state index contributed by atoms with van der Waals surface area (Å²) in [7, 11) is 3.08. The van der Waals surface area contributed by atoms with Crippen molar-refractivity contribution in [2.45, 2.75) is 38.6 Å². The van der Waals surface area contributed by atoms with Crippen LogP contribution in [0.5, 0.6) is 17.2 Å². The van der Waals surface area contributed by atoms with Crippen molar-refractivity contribution in [1.82, 2.24) is 14.8 Å². The zero-order valence-electron chi connectivity index (χ0n) is 19.4. The number of nitrogens with zero attached hydrogens (tertiary/aromatic N) is 3.